The number of halogens is 1. The van der Waals surface area contributed by atoms with Crippen molar-refractivity contribution in [1.29, 1.82) is 0 Å². The Balaban J connectivity index is 2.91. The van der Waals surface area contributed by atoms with E-state index in [-0.39, 0.29) is 17.9 Å². The number of carboxylic acid groups (broad SMARTS) is 1. The minimum absolute atomic E-state index is 0.0943. The van der Waals surface area contributed by atoms with Gasteiger partial charge in [0.15, 0.2) is 0 Å². The number of aliphatic carboxylic acids is 1. The first-order chi connectivity index (χ1) is 8.75. The highest BCUT2D eigenvalue weighted by Gasteiger charge is 2.26. The fraction of sp³-hybridized carbons (Fsp3) is 0.500. The molecule has 1 unspecified atom stereocenters. The third kappa shape index (κ3) is 4.84. The van der Waals surface area contributed by atoms with Crippen LogP contribution in [0.4, 0.5) is 0 Å². The lowest BCUT2D eigenvalue weighted by Gasteiger charge is -2.27. The zero-order chi connectivity index (χ0) is 14.6. The summed E-state index contributed by atoms with van der Waals surface area (Å²) in [6.45, 7) is 3.82. The van der Waals surface area contributed by atoms with Crippen molar-refractivity contribution in [2.45, 2.75) is 32.7 Å². The molecule has 0 aromatic heterocycles. The maximum absolute atomic E-state index is 10.8. The molecule has 106 valence electrons. The average Bonchev–Trinajstić information content (AvgIpc) is 2.26. The SMILES string of the molecule is COc1ccc(Br)cc1C(N)CC(C)(C)CC(=O)O. The van der Waals surface area contributed by atoms with Gasteiger partial charge in [0.05, 0.1) is 13.5 Å². The molecule has 4 nitrogen and oxygen atoms in total. The Morgan fingerprint density at radius 3 is 2.68 bits per heavy atom. The predicted molar refractivity (Wildman–Crippen MR) is 78.3 cm³/mol. The first-order valence-electron chi connectivity index (χ1n) is 6.06. The van der Waals surface area contributed by atoms with Gasteiger partial charge >= 0.3 is 5.97 Å². The van der Waals surface area contributed by atoms with Gasteiger partial charge in [-0.15, -0.1) is 0 Å². The molecular formula is C14H20BrNO3. The van der Waals surface area contributed by atoms with E-state index in [1.807, 2.05) is 32.0 Å². The van der Waals surface area contributed by atoms with E-state index in [1.165, 1.54) is 0 Å². The number of benzene rings is 1. The van der Waals surface area contributed by atoms with Crippen LogP contribution in [0.15, 0.2) is 22.7 Å². The summed E-state index contributed by atoms with van der Waals surface area (Å²) >= 11 is 3.41. The van der Waals surface area contributed by atoms with E-state index in [0.29, 0.717) is 6.42 Å². The van der Waals surface area contributed by atoms with E-state index >= 15 is 0 Å². The van der Waals surface area contributed by atoms with Gasteiger partial charge < -0.3 is 15.6 Å². The number of nitrogens with two attached hydrogens (primary N) is 1. The Hall–Kier alpha value is -1.07. The van der Waals surface area contributed by atoms with E-state index in [1.54, 1.807) is 7.11 Å². The molecule has 0 heterocycles. The first-order valence-corrected chi connectivity index (χ1v) is 6.85. The van der Waals surface area contributed by atoms with Gasteiger partial charge in [0.25, 0.3) is 0 Å². The second kappa shape index (κ2) is 6.39. The number of carbonyl (C=O) groups is 1. The van der Waals surface area contributed by atoms with E-state index in [0.717, 1.165) is 15.8 Å². The van der Waals surface area contributed by atoms with Gasteiger partial charge in [-0.05, 0) is 30.0 Å². The monoisotopic (exact) mass is 329 g/mol. The van der Waals surface area contributed by atoms with Crippen LogP contribution in [-0.2, 0) is 4.79 Å². The second-order valence-corrected chi connectivity index (χ2v) is 6.35. The van der Waals surface area contributed by atoms with Crippen LogP contribution in [0.1, 0.15) is 38.3 Å². The largest absolute Gasteiger partial charge is 0.496 e. The Morgan fingerprint density at radius 2 is 2.16 bits per heavy atom. The van der Waals surface area contributed by atoms with Crippen LogP contribution >= 0.6 is 15.9 Å². The number of methoxy groups -OCH3 is 1. The molecule has 0 saturated heterocycles. The van der Waals surface area contributed by atoms with Crippen molar-refractivity contribution < 1.29 is 14.6 Å². The molecule has 5 heteroatoms. The summed E-state index contributed by atoms with van der Waals surface area (Å²) in [6.07, 6.45) is 0.670. The van der Waals surface area contributed by atoms with Crippen molar-refractivity contribution in [3.63, 3.8) is 0 Å². The molecule has 0 spiro atoms. The standard InChI is InChI=1S/C14H20BrNO3/c1-14(2,8-13(17)18)7-11(16)10-6-9(15)4-5-12(10)19-3/h4-6,11H,7-8,16H2,1-3H3,(H,17,18). The maximum Gasteiger partial charge on any atom is 0.303 e. The number of rotatable bonds is 6. The summed E-state index contributed by atoms with van der Waals surface area (Å²) in [5, 5.41) is 8.90. The highest BCUT2D eigenvalue weighted by atomic mass is 79.9. The van der Waals surface area contributed by atoms with E-state index < -0.39 is 5.97 Å². The molecule has 0 radical (unpaired) electrons. The van der Waals surface area contributed by atoms with Crippen LogP contribution in [-0.4, -0.2) is 18.2 Å². The molecular weight excluding hydrogens is 310 g/mol. The van der Waals surface area contributed by atoms with Crippen molar-refractivity contribution in [2.75, 3.05) is 7.11 Å². The number of ether oxygens (including phenoxy) is 1. The zero-order valence-corrected chi connectivity index (χ0v) is 13.0. The molecule has 0 fully saturated rings. The molecule has 0 bridgehead atoms. The quantitative estimate of drug-likeness (QED) is 0.839. The second-order valence-electron chi connectivity index (χ2n) is 5.43. The first kappa shape index (κ1) is 16.0. The normalized spacial score (nSPS) is 13.1. The third-order valence-corrected chi connectivity index (χ3v) is 3.49. The Kier molecular flexibility index (Phi) is 5.38. The van der Waals surface area contributed by atoms with Crippen LogP contribution in [0.25, 0.3) is 0 Å². The van der Waals surface area contributed by atoms with Crippen LogP contribution in [0.2, 0.25) is 0 Å². The summed E-state index contributed by atoms with van der Waals surface area (Å²) in [5.74, 6) is -0.0831. The molecule has 0 aliphatic carbocycles. The summed E-state index contributed by atoms with van der Waals surface area (Å²) in [4.78, 5) is 10.8. The molecule has 0 amide bonds. The van der Waals surface area contributed by atoms with E-state index in [4.69, 9.17) is 15.6 Å². The molecule has 0 saturated carbocycles. The maximum atomic E-state index is 10.8. The van der Waals surface area contributed by atoms with Crippen molar-refractivity contribution in [3.05, 3.63) is 28.2 Å². The minimum Gasteiger partial charge on any atom is -0.496 e. The molecule has 1 aromatic rings. The van der Waals surface area contributed by atoms with Gasteiger partial charge in [0.1, 0.15) is 5.75 Å². The van der Waals surface area contributed by atoms with Gasteiger partial charge in [-0.3, -0.25) is 4.79 Å². The van der Waals surface area contributed by atoms with Crippen molar-refractivity contribution in [3.8, 4) is 5.75 Å². The van der Waals surface area contributed by atoms with Crippen LogP contribution < -0.4 is 10.5 Å². The number of carboxylic acids is 1. The Morgan fingerprint density at radius 1 is 1.53 bits per heavy atom. The van der Waals surface area contributed by atoms with Gasteiger partial charge in [0, 0.05) is 16.1 Å². The Bertz CT molecular complexity index is 460. The average molecular weight is 330 g/mol. The lowest BCUT2D eigenvalue weighted by Crippen LogP contribution is -2.24. The predicted octanol–water partition coefficient (Wildman–Crippen LogP) is 3.35. The van der Waals surface area contributed by atoms with Crippen LogP contribution in [0.3, 0.4) is 0 Å². The van der Waals surface area contributed by atoms with E-state index in [9.17, 15) is 4.79 Å². The van der Waals surface area contributed by atoms with Gasteiger partial charge in [-0.1, -0.05) is 29.8 Å². The summed E-state index contributed by atoms with van der Waals surface area (Å²) in [5.41, 5.74) is 6.73. The van der Waals surface area contributed by atoms with Crippen LogP contribution in [0, 0.1) is 5.41 Å². The topological polar surface area (TPSA) is 72.5 Å². The number of hydrogen-bond donors (Lipinski definition) is 2. The summed E-state index contributed by atoms with van der Waals surface area (Å²) < 4.78 is 6.23. The molecule has 1 aromatic carbocycles. The van der Waals surface area contributed by atoms with Gasteiger partial charge in [0.2, 0.25) is 0 Å². The zero-order valence-electron chi connectivity index (χ0n) is 11.4. The molecule has 19 heavy (non-hydrogen) atoms. The molecule has 0 aliphatic rings. The van der Waals surface area contributed by atoms with Crippen LogP contribution in [0.5, 0.6) is 5.75 Å². The summed E-state index contributed by atoms with van der Waals surface area (Å²) in [7, 11) is 1.60. The van der Waals surface area contributed by atoms with Gasteiger partial charge in [-0.25, -0.2) is 0 Å². The van der Waals surface area contributed by atoms with E-state index in [2.05, 4.69) is 15.9 Å². The minimum atomic E-state index is -0.807. The highest BCUT2D eigenvalue weighted by Crippen LogP contribution is 2.36. The molecule has 1 rings (SSSR count). The lowest BCUT2D eigenvalue weighted by atomic mass is 9.81. The summed E-state index contributed by atoms with van der Waals surface area (Å²) in [6, 6.07) is 5.39. The van der Waals surface area contributed by atoms with Gasteiger partial charge in [-0.2, -0.15) is 0 Å². The number of hydrogen-bond acceptors (Lipinski definition) is 3. The third-order valence-electron chi connectivity index (χ3n) is 2.99. The highest BCUT2D eigenvalue weighted by molar-refractivity contribution is 9.10. The van der Waals surface area contributed by atoms with Crippen molar-refractivity contribution >= 4 is 21.9 Å². The molecule has 3 N–H and O–H groups in total. The fourth-order valence-electron chi connectivity index (χ4n) is 2.18. The van der Waals surface area contributed by atoms with Crippen molar-refractivity contribution in [2.24, 2.45) is 11.1 Å². The Labute approximate surface area is 122 Å². The smallest absolute Gasteiger partial charge is 0.303 e. The lowest BCUT2D eigenvalue weighted by molar-refractivity contribution is -0.139. The molecule has 0 aliphatic heterocycles. The van der Waals surface area contributed by atoms with Crippen molar-refractivity contribution in [1.82, 2.24) is 0 Å². The molecule has 1 atom stereocenters. The fourth-order valence-corrected chi connectivity index (χ4v) is 2.56.